The predicted molar refractivity (Wildman–Crippen MR) is 53.4 cm³/mol. The molecular weight excluding hydrogens is 186 g/mol. The van der Waals surface area contributed by atoms with E-state index in [4.69, 9.17) is 11.6 Å². The summed E-state index contributed by atoms with van der Waals surface area (Å²) >= 11 is 5.81. The van der Waals surface area contributed by atoms with Crippen LogP contribution in [0, 0.1) is 6.92 Å². The van der Waals surface area contributed by atoms with Crippen LogP contribution in [0.1, 0.15) is 5.69 Å². The van der Waals surface area contributed by atoms with Gasteiger partial charge in [0.15, 0.2) is 5.43 Å². The summed E-state index contributed by atoms with van der Waals surface area (Å²) in [4.78, 5) is 11.2. The van der Waals surface area contributed by atoms with E-state index in [9.17, 15) is 4.79 Å². The second kappa shape index (κ2) is 2.89. The Morgan fingerprint density at radius 1 is 1.31 bits per heavy atom. The van der Waals surface area contributed by atoms with Crippen LogP contribution in [0.2, 0.25) is 5.02 Å². The van der Waals surface area contributed by atoms with Crippen molar-refractivity contribution in [3.63, 3.8) is 0 Å². The van der Waals surface area contributed by atoms with Gasteiger partial charge in [-0.3, -0.25) is 4.79 Å². The fourth-order valence-corrected chi connectivity index (χ4v) is 1.55. The molecule has 13 heavy (non-hydrogen) atoms. The van der Waals surface area contributed by atoms with E-state index in [0.29, 0.717) is 5.02 Å². The highest BCUT2D eigenvalue weighted by Gasteiger charge is 1.97. The molecule has 0 N–H and O–H groups in total. The van der Waals surface area contributed by atoms with E-state index in [-0.39, 0.29) is 5.43 Å². The highest BCUT2D eigenvalue weighted by molar-refractivity contribution is 6.30. The third kappa shape index (κ3) is 1.45. The van der Waals surface area contributed by atoms with E-state index in [0.717, 1.165) is 11.2 Å². The predicted octanol–water partition coefficient (Wildman–Crippen LogP) is 2.26. The summed E-state index contributed by atoms with van der Waals surface area (Å²) in [6, 6.07) is 6.74. The van der Waals surface area contributed by atoms with Crippen LogP contribution < -0.4 is 5.43 Å². The molecule has 2 heterocycles. The fourth-order valence-electron chi connectivity index (χ4n) is 1.39. The van der Waals surface area contributed by atoms with E-state index in [2.05, 4.69) is 0 Å². The lowest BCUT2D eigenvalue weighted by Gasteiger charge is -2.04. The molecule has 0 spiro atoms. The molecule has 2 aromatic heterocycles. The van der Waals surface area contributed by atoms with Crippen molar-refractivity contribution < 1.29 is 0 Å². The quantitative estimate of drug-likeness (QED) is 0.629. The molecule has 0 unspecified atom stereocenters. The number of hydrogen-bond donors (Lipinski definition) is 0. The highest BCUT2D eigenvalue weighted by atomic mass is 35.5. The SMILES string of the molecule is Cc1cc(=O)cc2cc(Cl)ccn12. The minimum atomic E-state index is 0.0137. The summed E-state index contributed by atoms with van der Waals surface area (Å²) in [6.07, 6.45) is 1.85. The summed E-state index contributed by atoms with van der Waals surface area (Å²) in [5.41, 5.74) is 1.76. The molecule has 66 valence electrons. The minimum absolute atomic E-state index is 0.0137. The van der Waals surface area contributed by atoms with Gasteiger partial charge < -0.3 is 4.40 Å². The topological polar surface area (TPSA) is 21.5 Å². The molecule has 3 heteroatoms. The first-order valence-corrected chi connectivity index (χ1v) is 4.33. The molecule has 0 saturated carbocycles. The molecule has 0 amide bonds. The number of fused-ring (bicyclic) bond motifs is 1. The van der Waals surface area contributed by atoms with Crippen LogP contribution >= 0.6 is 11.6 Å². The molecule has 0 fully saturated rings. The van der Waals surface area contributed by atoms with Gasteiger partial charge in [-0.2, -0.15) is 0 Å². The van der Waals surface area contributed by atoms with Crippen molar-refractivity contribution in [3.05, 3.63) is 51.4 Å². The number of aromatic nitrogens is 1. The summed E-state index contributed by atoms with van der Waals surface area (Å²) in [5, 5.41) is 0.644. The monoisotopic (exact) mass is 193 g/mol. The Morgan fingerprint density at radius 2 is 2.08 bits per heavy atom. The van der Waals surface area contributed by atoms with Crippen molar-refractivity contribution >= 4 is 17.1 Å². The van der Waals surface area contributed by atoms with E-state index < -0.39 is 0 Å². The van der Waals surface area contributed by atoms with Gasteiger partial charge in [0.2, 0.25) is 0 Å². The van der Waals surface area contributed by atoms with E-state index in [1.54, 1.807) is 24.3 Å². The Morgan fingerprint density at radius 3 is 2.85 bits per heavy atom. The molecule has 2 nitrogen and oxygen atoms in total. The van der Waals surface area contributed by atoms with Gasteiger partial charge >= 0.3 is 0 Å². The molecule has 0 aromatic carbocycles. The zero-order valence-corrected chi connectivity index (χ0v) is 7.88. The van der Waals surface area contributed by atoms with Crippen molar-refractivity contribution in [1.29, 1.82) is 0 Å². The van der Waals surface area contributed by atoms with E-state index >= 15 is 0 Å². The average Bonchev–Trinajstić information content (AvgIpc) is 2.02. The first kappa shape index (κ1) is 8.32. The van der Waals surface area contributed by atoms with Gasteiger partial charge in [0.25, 0.3) is 0 Å². The zero-order valence-electron chi connectivity index (χ0n) is 7.12. The Labute approximate surface area is 80.4 Å². The fraction of sp³-hybridized carbons (Fsp3) is 0.100. The van der Waals surface area contributed by atoms with E-state index in [1.165, 1.54) is 0 Å². The summed E-state index contributed by atoms with van der Waals surface area (Å²) in [7, 11) is 0. The van der Waals surface area contributed by atoms with Gasteiger partial charge in [0.05, 0.1) is 5.52 Å². The number of pyridine rings is 2. The highest BCUT2D eigenvalue weighted by Crippen LogP contribution is 2.11. The van der Waals surface area contributed by atoms with Gasteiger partial charge in [-0.1, -0.05) is 11.6 Å². The molecule has 0 atom stereocenters. The maximum absolute atomic E-state index is 11.2. The number of rotatable bonds is 0. The Balaban J connectivity index is 2.94. The zero-order chi connectivity index (χ0) is 9.42. The first-order chi connectivity index (χ1) is 6.16. The van der Waals surface area contributed by atoms with Crippen molar-refractivity contribution in [3.8, 4) is 0 Å². The van der Waals surface area contributed by atoms with Gasteiger partial charge in [0, 0.05) is 29.0 Å². The summed E-state index contributed by atoms with van der Waals surface area (Å²) in [5.74, 6) is 0. The van der Waals surface area contributed by atoms with Crippen LogP contribution in [0.15, 0.2) is 35.3 Å². The van der Waals surface area contributed by atoms with Gasteiger partial charge in [-0.25, -0.2) is 0 Å². The lowest BCUT2D eigenvalue weighted by molar-refractivity contribution is 1.07. The van der Waals surface area contributed by atoms with Crippen LogP contribution in [0.5, 0.6) is 0 Å². The second-order valence-electron chi connectivity index (χ2n) is 2.97. The molecule has 0 aliphatic carbocycles. The standard InChI is InChI=1S/C10H8ClNO/c1-7-4-10(13)6-9-5-8(11)2-3-12(7)9/h2-6H,1H3. The van der Waals surface area contributed by atoms with Crippen LogP contribution in [-0.4, -0.2) is 4.40 Å². The van der Waals surface area contributed by atoms with Gasteiger partial charge in [-0.15, -0.1) is 0 Å². The Bertz CT molecular complexity index is 516. The van der Waals surface area contributed by atoms with Crippen LogP contribution in [0.25, 0.3) is 5.52 Å². The number of nitrogens with zero attached hydrogens (tertiary/aromatic N) is 1. The molecule has 0 aliphatic heterocycles. The lowest BCUT2D eigenvalue weighted by atomic mass is 10.3. The number of aryl methyl sites for hydroxylation is 1. The van der Waals surface area contributed by atoms with Gasteiger partial charge in [0.1, 0.15) is 0 Å². The maximum atomic E-state index is 11.2. The largest absolute Gasteiger partial charge is 0.321 e. The Kier molecular flexibility index (Phi) is 1.85. The Hall–Kier alpha value is -1.28. The molecular formula is C10H8ClNO. The molecule has 0 bridgehead atoms. The number of hydrogen-bond acceptors (Lipinski definition) is 1. The van der Waals surface area contributed by atoms with E-state index in [1.807, 2.05) is 17.5 Å². The third-order valence-corrected chi connectivity index (χ3v) is 2.20. The van der Waals surface area contributed by atoms with Crippen molar-refractivity contribution in [2.24, 2.45) is 0 Å². The normalized spacial score (nSPS) is 10.6. The van der Waals surface area contributed by atoms with Crippen molar-refractivity contribution in [2.45, 2.75) is 6.92 Å². The van der Waals surface area contributed by atoms with Crippen molar-refractivity contribution in [1.82, 2.24) is 4.40 Å². The minimum Gasteiger partial charge on any atom is -0.321 e. The van der Waals surface area contributed by atoms with Gasteiger partial charge in [-0.05, 0) is 19.1 Å². The van der Waals surface area contributed by atoms with Crippen LogP contribution in [0.4, 0.5) is 0 Å². The third-order valence-electron chi connectivity index (χ3n) is 1.97. The smallest absolute Gasteiger partial charge is 0.182 e. The molecule has 0 radical (unpaired) electrons. The second-order valence-corrected chi connectivity index (χ2v) is 3.41. The molecule has 2 aromatic rings. The molecule has 2 rings (SSSR count). The average molecular weight is 194 g/mol. The maximum Gasteiger partial charge on any atom is 0.182 e. The first-order valence-electron chi connectivity index (χ1n) is 3.95. The van der Waals surface area contributed by atoms with Crippen LogP contribution in [-0.2, 0) is 0 Å². The number of halogens is 1. The molecule has 0 saturated heterocycles. The molecule has 0 aliphatic rings. The van der Waals surface area contributed by atoms with Crippen LogP contribution in [0.3, 0.4) is 0 Å². The summed E-state index contributed by atoms with van der Waals surface area (Å²) < 4.78 is 1.92. The summed E-state index contributed by atoms with van der Waals surface area (Å²) in [6.45, 7) is 1.89. The lowest BCUT2D eigenvalue weighted by Crippen LogP contribution is -2.03. The van der Waals surface area contributed by atoms with Crippen molar-refractivity contribution in [2.75, 3.05) is 0 Å².